The summed E-state index contributed by atoms with van der Waals surface area (Å²) in [5.41, 5.74) is 5.81. The van der Waals surface area contributed by atoms with Crippen molar-refractivity contribution < 1.29 is 4.74 Å². The zero-order valence-electron chi connectivity index (χ0n) is 18.2. The molecule has 2 aromatic rings. The predicted octanol–water partition coefficient (Wildman–Crippen LogP) is 7.63. The molecule has 0 heterocycles. The topological polar surface area (TPSA) is 9.23 Å². The molecule has 0 spiro atoms. The van der Waals surface area contributed by atoms with Crippen LogP contribution in [0.5, 0.6) is 5.75 Å². The van der Waals surface area contributed by atoms with Crippen LogP contribution in [-0.2, 0) is 12.8 Å². The first-order valence-electron chi connectivity index (χ1n) is 11.7. The summed E-state index contributed by atoms with van der Waals surface area (Å²) in [6, 6.07) is 15.8. The van der Waals surface area contributed by atoms with Crippen LogP contribution in [0.2, 0.25) is 0 Å². The van der Waals surface area contributed by atoms with Crippen LogP contribution in [0.15, 0.2) is 54.6 Å². The Labute approximate surface area is 177 Å². The van der Waals surface area contributed by atoms with E-state index in [4.69, 9.17) is 4.74 Å². The fourth-order valence-electron chi connectivity index (χ4n) is 5.41. The van der Waals surface area contributed by atoms with E-state index in [9.17, 15) is 0 Å². The fourth-order valence-corrected chi connectivity index (χ4v) is 5.41. The van der Waals surface area contributed by atoms with E-state index in [0.29, 0.717) is 0 Å². The molecule has 1 unspecified atom stereocenters. The van der Waals surface area contributed by atoms with Gasteiger partial charge in [0.1, 0.15) is 5.75 Å². The first kappa shape index (κ1) is 20.3. The molecule has 2 aliphatic carbocycles. The van der Waals surface area contributed by atoms with Crippen molar-refractivity contribution in [2.24, 2.45) is 17.8 Å². The molecule has 0 aliphatic heterocycles. The fraction of sp³-hybridized carbons (Fsp3) is 0.500. The highest BCUT2D eigenvalue weighted by Crippen LogP contribution is 2.40. The van der Waals surface area contributed by atoms with E-state index < -0.39 is 0 Å². The van der Waals surface area contributed by atoms with Crippen molar-refractivity contribution >= 4 is 0 Å². The summed E-state index contributed by atoms with van der Waals surface area (Å²) in [7, 11) is 0. The van der Waals surface area contributed by atoms with Gasteiger partial charge in [0.05, 0.1) is 6.61 Å². The van der Waals surface area contributed by atoms with E-state index in [1.165, 1.54) is 56.1 Å². The third kappa shape index (κ3) is 4.94. The summed E-state index contributed by atoms with van der Waals surface area (Å²) >= 11 is 0. The standard InChI is InChI=1S/C28H36O/c1-3-5-21-6-8-22(9-7-21)24-10-12-27-20-25(11-13-26(27)19-24)23-14-16-28(17-15-23)29-18-4-2/h3,5,11,13-17,20-22,24H,4,6-10,12,18-19H2,1-2H3/b5-3+. The summed E-state index contributed by atoms with van der Waals surface area (Å²) in [6.45, 7) is 5.09. The number of benzene rings is 2. The molecule has 2 aromatic carbocycles. The van der Waals surface area contributed by atoms with Gasteiger partial charge in [-0.25, -0.2) is 0 Å². The van der Waals surface area contributed by atoms with Crippen LogP contribution >= 0.6 is 0 Å². The van der Waals surface area contributed by atoms with E-state index in [1.807, 2.05) is 0 Å². The van der Waals surface area contributed by atoms with Gasteiger partial charge in [-0.05, 0) is 110 Å². The summed E-state index contributed by atoms with van der Waals surface area (Å²) in [6.07, 6.45) is 15.3. The minimum absolute atomic E-state index is 0.788. The largest absolute Gasteiger partial charge is 0.494 e. The third-order valence-electron chi connectivity index (χ3n) is 7.08. The summed E-state index contributed by atoms with van der Waals surface area (Å²) < 4.78 is 5.72. The van der Waals surface area contributed by atoms with Gasteiger partial charge in [0.15, 0.2) is 0 Å². The maximum absolute atomic E-state index is 5.72. The number of hydrogen-bond donors (Lipinski definition) is 0. The Bertz CT molecular complexity index is 809. The molecule has 0 aromatic heterocycles. The van der Waals surface area contributed by atoms with Crippen LogP contribution in [0, 0.1) is 17.8 Å². The van der Waals surface area contributed by atoms with E-state index in [2.05, 4.69) is 68.5 Å². The molecular weight excluding hydrogens is 352 g/mol. The molecule has 4 rings (SSSR count). The van der Waals surface area contributed by atoms with Gasteiger partial charge in [-0.15, -0.1) is 0 Å². The second kappa shape index (κ2) is 9.65. The van der Waals surface area contributed by atoms with Gasteiger partial charge in [0, 0.05) is 0 Å². The Balaban J connectivity index is 1.40. The molecule has 1 heteroatoms. The van der Waals surface area contributed by atoms with Crippen molar-refractivity contribution in [3.8, 4) is 16.9 Å². The van der Waals surface area contributed by atoms with Crippen LogP contribution < -0.4 is 4.74 Å². The predicted molar refractivity (Wildman–Crippen MR) is 123 cm³/mol. The van der Waals surface area contributed by atoms with E-state index in [0.717, 1.165) is 36.5 Å². The second-order valence-electron chi connectivity index (χ2n) is 9.06. The highest BCUT2D eigenvalue weighted by molar-refractivity contribution is 5.66. The third-order valence-corrected chi connectivity index (χ3v) is 7.08. The molecule has 0 radical (unpaired) electrons. The zero-order chi connectivity index (χ0) is 20.1. The average molecular weight is 389 g/mol. The first-order valence-corrected chi connectivity index (χ1v) is 11.7. The Morgan fingerprint density at radius 3 is 2.34 bits per heavy atom. The Morgan fingerprint density at radius 1 is 0.862 bits per heavy atom. The Morgan fingerprint density at radius 2 is 1.62 bits per heavy atom. The Hall–Kier alpha value is -2.02. The molecular formula is C28H36O. The lowest BCUT2D eigenvalue weighted by Gasteiger charge is -2.36. The van der Waals surface area contributed by atoms with Gasteiger partial charge in [0.2, 0.25) is 0 Å². The normalized spacial score (nSPS) is 24.4. The summed E-state index contributed by atoms with van der Waals surface area (Å²) in [4.78, 5) is 0. The van der Waals surface area contributed by atoms with Gasteiger partial charge < -0.3 is 4.74 Å². The monoisotopic (exact) mass is 388 g/mol. The molecule has 0 N–H and O–H groups in total. The van der Waals surface area contributed by atoms with Crippen molar-refractivity contribution in [2.45, 2.75) is 65.2 Å². The van der Waals surface area contributed by atoms with Crippen LogP contribution in [0.4, 0.5) is 0 Å². The lowest BCUT2D eigenvalue weighted by Crippen LogP contribution is -2.26. The summed E-state index contributed by atoms with van der Waals surface area (Å²) in [5, 5.41) is 0. The first-order chi connectivity index (χ1) is 14.3. The second-order valence-corrected chi connectivity index (χ2v) is 9.06. The number of rotatable bonds is 6. The van der Waals surface area contributed by atoms with Crippen molar-refractivity contribution in [3.63, 3.8) is 0 Å². The zero-order valence-corrected chi connectivity index (χ0v) is 18.2. The minimum atomic E-state index is 0.788. The molecule has 29 heavy (non-hydrogen) atoms. The quantitative estimate of drug-likeness (QED) is 0.462. The van der Waals surface area contributed by atoms with Crippen molar-refractivity contribution in [2.75, 3.05) is 6.61 Å². The molecule has 0 saturated heterocycles. The van der Waals surface area contributed by atoms with Crippen molar-refractivity contribution in [1.29, 1.82) is 0 Å². The molecule has 154 valence electrons. The highest BCUT2D eigenvalue weighted by atomic mass is 16.5. The molecule has 1 atom stereocenters. The molecule has 0 amide bonds. The van der Waals surface area contributed by atoms with Crippen LogP contribution in [0.3, 0.4) is 0 Å². The van der Waals surface area contributed by atoms with E-state index >= 15 is 0 Å². The van der Waals surface area contributed by atoms with Crippen molar-refractivity contribution in [3.05, 3.63) is 65.7 Å². The Kier molecular flexibility index (Phi) is 6.74. The van der Waals surface area contributed by atoms with Crippen molar-refractivity contribution in [1.82, 2.24) is 0 Å². The van der Waals surface area contributed by atoms with Gasteiger partial charge in [-0.3, -0.25) is 0 Å². The van der Waals surface area contributed by atoms with Crippen LogP contribution in [-0.4, -0.2) is 6.61 Å². The highest BCUT2D eigenvalue weighted by Gasteiger charge is 2.29. The number of fused-ring (bicyclic) bond motifs is 1. The molecule has 1 fully saturated rings. The maximum Gasteiger partial charge on any atom is 0.119 e. The molecule has 2 aliphatic rings. The summed E-state index contributed by atoms with van der Waals surface area (Å²) in [5.74, 6) is 3.66. The molecule has 1 nitrogen and oxygen atoms in total. The minimum Gasteiger partial charge on any atom is -0.494 e. The van der Waals surface area contributed by atoms with E-state index in [1.54, 1.807) is 11.1 Å². The average Bonchev–Trinajstić information content (AvgIpc) is 2.78. The number of ether oxygens (including phenoxy) is 1. The number of allylic oxidation sites excluding steroid dienone is 2. The molecule has 1 saturated carbocycles. The SMILES string of the molecule is C/C=C/C1CCC(C2CCc3cc(-c4ccc(OCCC)cc4)ccc3C2)CC1. The number of aryl methyl sites for hydroxylation is 1. The number of hydrogen-bond acceptors (Lipinski definition) is 1. The van der Waals surface area contributed by atoms with Crippen LogP contribution in [0.25, 0.3) is 11.1 Å². The lowest BCUT2D eigenvalue weighted by molar-refractivity contribution is 0.206. The van der Waals surface area contributed by atoms with Gasteiger partial charge in [-0.1, -0.05) is 49.4 Å². The molecule has 0 bridgehead atoms. The maximum atomic E-state index is 5.72. The lowest BCUT2D eigenvalue weighted by atomic mass is 9.69. The van der Waals surface area contributed by atoms with Crippen LogP contribution in [0.1, 0.15) is 63.5 Å². The smallest absolute Gasteiger partial charge is 0.119 e. The van der Waals surface area contributed by atoms with E-state index in [-0.39, 0.29) is 0 Å². The van der Waals surface area contributed by atoms with Gasteiger partial charge >= 0.3 is 0 Å². The van der Waals surface area contributed by atoms with Gasteiger partial charge in [-0.2, -0.15) is 0 Å². The van der Waals surface area contributed by atoms with Gasteiger partial charge in [0.25, 0.3) is 0 Å².